The monoisotopic (exact) mass is 389 g/mol. The first-order chi connectivity index (χ1) is 13.3. The topological polar surface area (TPSA) is 93.7 Å². The van der Waals surface area contributed by atoms with Gasteiger partial charge in [-0.15, -0.1) is 0 Å². The second kappa shape index (κ2) is 8.08. The molecule has 28 heavy (non-hydrogen) atoms. The average molecular weight is 389 g/mol. The lowest BCUT2D eigenvalue weighted by molar-refractivity contribution is 0.0188. The lowest BCUT2D eigenvalue weighted by Gasteiger charge is -2.28. The van der Waals surface area contributed by atoms with Crippen molar-refractivity contribution in [3.8, 4) is 11.5 Å². The maximum Gasteiger partial charge on any atom is 0.410 e. The zero-order valence-electron chi connectivity index (χ0n) is 16.8. The summed E-state index contributed by atoms with van der Waals surface area (Å²) in [5.74, 6) is 0.977. The molecule has 1 atom stereocenters. The molecule has 1 aromatic heterocycles. The van der Waals surface area contributed by atoms with Gasteiger partial charge in [0.15, 0.2) is 0 Å². The van der Waals surface area contributed by atoms with E-state index in [2.05, 4.69) is 9.97 Å². The highest BCUT2D eigenvalue weighted by atomic mass is 16.6. The SMILES string of the molecule is CCOc1cc(OC[C@H]2CCCN2C(=O)OC(C)(C)C)c2c(=O)[nH]cnc2c1. The van der Waals surface area contributed by atoms with Crippen molar-refractivity contribution in [2.45, 2.75) is 52.2 Å². The van der Waals surface area contributed by atoms with Gasteiger partial charge < -0.3 is 24.1 Å². The fraction of sp³-hybridized carbons (Fsp3) is 0.550. The van der Waals surface area contributed by atoms with Crippen molar-refractivity contribution in [2.24, 2.45) is 0 Å². The fourth-order valence-electron chi connectivity index (χ4n) is 3.26. The molecule has 2 aromatic rings. The predicted octanol–water partition coefficient (Wildman–Crippen LogP) is 3.10. The van der Waals surface area contributed by atoms with Gasteiger partial charge in [-0.1, -0.05) is 0 Å². The number of likely N-dealkylation sites (tertiary alicyclic amines) is 1. The van der Waals surface area contributed by atoms with Crippen LogP contribution in [0.2, 0.25) is 0 Å². The molecule has 0 saturated carbocycles. The number of nitrogens with zero attached hydrogens (tertiary/aromatic N) is 2. The van der Waals surface area contributed by atoms with Crippen molar-refractivity contribution in [3.63, 3.8) is 0 Å². The number of rotatable bonds is 5. The van der Waals surface area contributed by atoms with Gasteiger partial charge in [0.1, 0.15) is 29.1 Å². The van der Waals surface area contributed by atoms with E-state index in [0.29, 0.717) is 35.6 Å². The van der Waals surface area contributed by atoms with Gasteiger partial charge in [0, 0.05) is 18.7 Å². The summed E-state index contributed by atoms with van der Waals surface area (Å²) in [7, 11) is 0. The van der Waals surface area contributed by atoms with E-state index in [1.165, 1.54) is 6.33 Å². The quantitative estimate of drug-likeness (QED) is 0.845. The smallest absolute Gasteiger partial charge is 0.410 e. The van der Waals surface area contributed by atoms with Crippen LogP contribution in [0.5, 0.6) is 11.5 Å². The highest BCUT2D eigenvalue weighted by Gasteiger charge is 2.32. The molecule has 1 amide bonds. The molecule has 0 spiro atoms. The summed E-state index contributed by atoms with van der Waals surface area (Å²) in [5, 5.41) is 0.368. The third-order valence-corrected chi connectivity index (χ3v) is 4.43. The Balaban J connectivity index is 1.80. The molecule has 152 valence electrons. The van der Waals surface area contributed by atoms with E-state index in [1.54, 1.807) is 17.0 Å². The van der Waals surface area contributed by atoms with Crippen molar-refractivity contribution in [1.29, 1.82) is 0 Å². The molecule has 3 rings (SSSR count). The third-order valence-electron chi connectivity index (χ3n) is 4.43. The standard InChI is InChI=1S/C20H27N3O5/c1-5-26-14-9-15-17(18(24)22-12-21-15)16(10-14)27-11-13-7-6-8-23(13)19(25)28-20(2,3)4/h9-10,12-13H,5-8,11H2,1-4H3,(H,21,22,24)/t13-/m1/s1. The van der Waals surface area contributed by atoms with Crippen molar-refractivity contribution >= 4 is 17.0 Å². The minimum atomic E-state index is -0.550. The average Bonchev–Trinajstić information content (AvgIpc) is 3.07. The summed E-state index contributed by atoms with van der Waals surface area (Å²) in [4.78, 5) is 33.2. The van der Waals surface area contributed by atoms with Crippen LogP contribution in [0.4, 0.5) is 4.79 Å². The fourth-order valence-corrected chi connectivity index (χ4v) is 3.26. The van der Waals surface area contributed by atoms with Crippen LogP contribution in [0, 0.1) is 0 Å². The number of hydrogen-bond donors (Lipinski definition) is 1. The number of hydrogen-bond acceptors (Lipinski definition) is 6. The van der Waals surface area contributed by atoms with E-state index in [9.17, 15) is 9.59 Å². The first kappa shape index (κ1) is 20.0. The van der Waals surface area contributed by atoms with Gasteiger partial charge in [0.2, 0.25) is 0 Å². The Morgan fingerprint density at radius 2 is 2.11 bits per heavy atom. The van der Waals surface area contributed by atoms with Gasteiger partial charge in [-0.2, -0.15) is 0 Å². The van der Waals surface area contributed by atoms with Crippen molar-refractivity contribution in [1.82, 2.24) is 14.9 Å². The zero-order chi connectivity index (χ0) is 20.3. The second-order valence-electron chi connectivity index (χ2n) is 7.76. The van der Waals surface area contributed by atoms with E-state index in [4.69, 9.17) is 14.2 Å². The molecule has 1 aliphatic rings. The maximum atomic E-state index is 12.5. The van der Waals surface area contributed by atoms with Crippen LogP contribution in [-0.2, 0) is 4.74 Å². The summed E-state index contributed by atoms with van der Waals surface area (Å²) in [6.07, 6.45) is 2.71. The minimum Gasteiger partial charge on any atom is -0.494 e. The van der Waals surface area contributed by atoms with Crippen LogP contribution < -0.4 is 15.0 Å². The molecule has 0 aliphatic carbocycles. The van der Waals surface area contributed by atoms with Crippen LogP contribution in [-0.4, -0.2) is 52.4 Å². The highest BCUT2D eigenvalue weighted by Crippen LogP contribution is 2.29. The van der Waals surface area contributed by atoms with Crippen LogP contribution >= 0.6 is 0 Å². The molecular formula is C20H27N3O5. The Morgan fingerprint density at radius 1 is 1.32 bits per heavy atom. The maximum absolute atomic E-state index is 12.5. The Kier molecular flexibility index (Phi) is 5.76. The number of H-pyrrole nitrogens is 1. The molecule has 1 saturated heterocycles. The van der Waals surface area contributed by atoms with Gasteiger partial charge in [-0.25, -0.2) is 9.78 Å². The molecule has 2 heterocycles. The van der Waals surface area contributed by atoms with Gasteiger partial charge in [0.05, 0.1) is 24.5 Å². The zero-order valence-corrected chi connectivity index (χ0v) is 16.8. The molecule has 8 heteroatoms. The van der Waals surface area contributed by atoms with Crippen molar-refractivity contribution < 1.29 is 19.0 Å². The molecule has 1 aromatic carbocycles. The summed E-state index contributed by atoms with van der Waals surface area (Å²) < 4.78 is 17.0. The number of fused-ring (bicyclic) bond motifs is 1. The Labute approximate surface area is 163 Å². The molecule has 1 fully saturated rings. The molecular weight excluding hydrogens is 362 g/mol. The third kappa shape index (κ3) is 4.55. The highest BCUT2D eigenvalue weighted by molar-refractivity contribution is 5.85. The van der Waals surface area contributed by atoms with Crippen LogP contribution in [0.15, 0.2) is 23.3 Å². The number of nitrogens with one attached hydrogen (secondary N) is 1. The molecule has 8 nitrogen and oxygen atoms in total. The Morgan fingerprint density at radius 3 is 2.82 bits per heavy atom. The van der Waals surface area contributed by atoms with Gasteiger partial charge in [0.25, 0.3) is 5.56 Å². The van der Waals surface area contributed by atoms with Crippen LogP contribution in [0.3, 0.4) is 0 Å². The van der Waals surface area contributed by atoms with E-state index < -0.39 is 5.60 Å². The number of ether oxygens (including phenoxy) is 3. The normalized spacial score (nSPS) is 17.0. The van der Waals surface area contributed by atoms with Crippen LogP contribution in [0.25, 0.3) is 10.9 Å². The first-order valence-electron chi connectivity index (χ1n) is 9.55. The van der Waals surface area contributed by atoms with Crippen molar-refractivity contribution in [2.75, 3.05) is 19.8 Å². The summed E-state index contributed by atoms with van der Waals surface area (Å²) in [5.41, 5.74) is -0.329. The van der Waals surface area contributed by atoms with Crippen LogP contribution in [0.1, 0.15) is 40.5 Å². The summed E-state index contributed by atoms with van der Waals surface area (Å²) >= 11 is 0. The van der Waals surface area contributed by atoms with E-state index in [-0.39, 0.29) is 24.3 Å². The van der Waals surface area contributed by atoms with Gasteiger partial charge >= 0.3 is 6.09 Å². The Hall–Kier alpha value is -2.77. The number of amides is 1. The van der Waals surface area contributed by atoms with E-state index in [1.807, 2.05) is 27.7 Å². The van der Waals surface area contributed by atoms with Gasteiger partial charge in [-0.3, -0.25) is 4.79 Å². The molecule has 1 N–H and O–H groups in total. The van der Waals surface area contributed by atoms with Crippen molar-refractivity contribution in [3.05, 3.63) is 28.8 Å². The number of carbonyl (C=O) groups is 1. The molecule has 0 unspecified atom stereocenters. The molecule has 0 radical (unpaired) electrons. The number of aromatic amines is 1. The summed E-state index contributed by atoms with van der Waals surface area (Å²) in [6.45, 7) is 8.80. The molecule has 1 aliphatic heterocycles. The predicted molar refractivity (Wildman–Crippen MR) is 105 cm³/mol. The Bertz CT molecular complexity index is 903. The summed E-state index contributed by atoms with van der Waals surface area (Å²) in [6, 6.07) is 3.29. The number of aromatic nitrogens is 2. The minimum absolute atomic E-state index is 0.114. The molecule has 0 bridgehead atoms. The number of benzene rings is 1. The lowest BCUT2D eigenvalue weighted by atomic mass is 10.2. The van der Waals surface area contributed by atoms with Gasteiger partial charge in [-0.05, 0) is 40.5 Å². The van der Waals surface area contributed by atoms with E-state index >= 15 is 0 Å². The second-order valence-corrected chi connectivity index (χ2v) is 7.76. The lowest BCUT2D eigenvalue weighted by Crippen LogP contribution is -2.42. The largest absolute Gasteiger partial charge is 0.494 e. The first-order valence-corrected chi connectivity index (χ1v) is 9.55. The number of carbonyl (C=O) groups excluding carboxylic acids is 1. The van der Waals surface area contributed by atoms with E-state index in [0.717, 1.165) is 12.8 Å².